The molecule has 0 aliphatic heterocycles. The Morgan fingerprint density at radius 2 is 1.76 bits per heavy atom. The second-order valence-corrected chi connectivity index (χ2v) is 4.15. The zero-order chi connectivity index (χ0) is 15.4. The lowest BCUT2D eigenvalue weighted by atomic mass is 10.1. The molecule has 1 heterocycles. The molecule has 21 heavy (non-hydrogen) atoms. The molecule has 0 aliphatic carbocycles. The maximum absolute atomic E-state index is 11.0. The Labute approximate surface area is 121 Å². The van der Waals surface area contributed by atoms with E-state index in [1.165, 1.54) is 26.5 Å². The second-order valence-electron chi connectivity index (χ2n) is 4.15. The molecule has 0 saturated heterocycles. The Morgan fingerprint density at radius 1 is 1.05 bits per heavy atom. The van der Waals surface area contributed by atoms with E-state index >= 15 is 0 Å². The first-order valence-corrected chi connectivity index (χ1v) is 6.10. The first-order chi connectivity index (χ1) is 10.1. The molecule has 0 spiro atoms. The van der Waals surface area contributed by atoms with Gasteiger partial charge in [0.05, 0.1) is 26.9 Å². The van der Waals surface area contributed by atoms with E-state index in [-0.39, 0.29) is 5.56 Å². The van der Waals surface area contributed by atoms with Gasteiger partial charge in [0.2, 0.25) is 0 Å². The first-order valence-electron chi connectivity index (χ1n) is 6.10. The number of aromatic carboxylic acids is 1. The summed E-state index contributed by atoms with van der Waals surface area (Å²) in [4.78, 5) is 15.2. The van der Waals surface area contributed by atoms with Crippen molar-refractivity contribution in [3.05, 3.63) is 36.0 Å². The number of carbonyl (C=O) groups is 1. The number of carboxylic acid groups (broad SMARTS) is 1. The highest BCUT2D eigenvalue weighted by atomic mass is 16.5. The lowest BCUT2D eigenvalue weighted by molar-refractivity contribution is 0.0696. The van der Waals surface area contributed by atoms with E-state index < -0.39 is 5.97 Å². The van der Waals surface area contributed by atoms with E-state index in [0.29, 0.717) is 28.5 Å². The van der Waals surface area contributed by atoms with Crippen LogP contribution >= 0.6 is 0 Å². The minimum absolute atomic E-state index is 0.0584. The van der Waals surface area contributed by atoms with Crippen molar-refractivity contribution in [2.45, 2.75) is 0 Å². The van der Waals surface area contributed by atoms with Crippen molar-refractivity contribution in [1.82, 2.24) is 4.98 Å². The molecule has 1 aromatic heterocycles. The van der Waals surface area contributed by atoms with Crippen molar-refractivity contribution >= 4 is 5.97 Å². The SMILES string of the molecule is COc1ccc(-c2ncc(C(=O)O)cc2OC)c(OC)c1. The van der Waals surface area contributed by atoms with Crippen LogP contribution in [0.1, 0.15) is 10.4 Å². The molecule has 1 N–H and O–H groups in total. The van der Waals surface area contributed by atoms with Crippen LogP contribution < -0.4 is 14.2 Å². The minimum Gasteiger partial charge on any atom is -0.497 e. The largest absolute Gasteiger partial charge is 0.497 e. The topological polar surface area (TPSA) is 77.9 Å². The van der Waals surface area contributed by atoms with Gasteiger partial charge in [0.15, 0.2) is 0 Å². The normalized spacial score (nSPS) is 10.0. The van der Waals surface area contributed by atoms with Gasteiger partial charge >= 0.3 is 5.97 Å². The summed E-state index contributed by atoms with van der Waals surface area (Å²) in [5.74, 6) is 0.507. The third kappa shape index (κ3) is 2.89. The average molecular weight is 289 g/mol. The van der Waals surface area contributed by atoms with E-state index in [1.807, 2.05) is 0 Å². The molecule has 0 bridgehead atoms. The predicted molar refractivity (Wildman–Crippen MR) is 76.3 cm³/mol. The highest BCUT2D eigenvalue weighted by molar-refractivity contribution is 5.89. The monoisotopic (exact) mass is 289 g/mol. The fraction of sp³-hybridized carbons (Fsp3) is 0.200. The number of methoxy groups -OCH3 is 3. The van der Waals surface area contributed by atoms with Crippen molar-refractivity contribution in [2.75, 3.05) is 21.3 Å². The molecule has 0 fully saturated rings. The number of rotatable bonds is 5. The summed E-state index contributed by atoms with van der Waals surface area (Å²) in [7, 11) is 4.56. The Hall–Kier alpha value is -2.76. The van der Waals surface area contributed by atoms with E-state index in [0.717, 1.165) is 0 Å². The number of hydrogen-bond donors (Lipinski definition) is 1. The van der Waals surface area contributed by atoms with Crippen LogP contribution in [0.2, 0.25) is 0 Å². The van der Waals surface area contributed by atoms with Gasteiger partial charge < -0.3 is 19.3 Å². The number of aromatic nitrogens is 1. The summed E-state index contributed by atoms with van der Waals surface area (Å²) in [6, 6.07) is 6.70. The minimum atomic E-state index is -1.06. The molecular weight excluding hydrogens is 274 g/mol. The summed E-state index contributed by atoms with van der Waals surface area (Å²) in [6.45, 7) is 0. The average Bonchev–Trinajstić information content (AvgIpc) is 2.53. The molecule has 0 unspecified atom stereocenters. The van der Waals surface area contributed by atoms with Crippen LogP contribution in [0.4, 0.5) is 0 Å². The van der Waals surface area contributed by atoms with Gasteiger partial charge in [0, 0.05) is 17.8 Å². The standard InChI is InChI=1S/C15H15NO5/c1-19-10-4-5-11(12(7-10)20-2)14-13(21-3)6-9(8-16-14)15(17)18/h4-8H,1-3H3,(H,17,18). The van der Waals surface area contributed by atoms with Crippen LogP contribution in [0.5, 0.6) is 17.2 Å². The lowest BCUT2D eigenvalue weighted by Crippen LogP contribution is -2.01. The number of hydrogen-bond acceptors (Lipinski definition) is 5. The van der Waals surface area contributed by atoms with Gasteiger partial charge in [-0.1, -0.05) is 0 Å². The molecule has 110 valence electrons. The number of benzene rings is 1. The first kappa shape index (κ1) is 14.6. The molecule has 0 atom stereocenters. The molecule has 0 aliphatic rings. The van der Waals surface area contributed by atoms with Gasteiger partial charge in [-0.15, -0.1) is 0 Å². The fourth-order valence-corrected chi connectivity index (χ4v) is 1.91. The quantitative estimate of drug-likeness (QED) is 0.911. The predicted octanol–water partition coefficient (Wildman–Crippen LogP) is 2.47. The van der Waals surface area contributed by atoms with Gasteiger partial charge in [0.1, 0.15) is 22.9 Å². The number of nitrogens with zero attached hydrogens (tertiary/aromatic N) is 1. The summed E-state index contributed by atoms with van der Waals surface area (Å²) in [6.07, 6.45) is 1.28. The van der Waals surface area contributed by atoms with E-state index in [4.69, 9.17) is 19.3 Å². The van der Waals surface area contributed by atoms with Gasteiger partial charge in [-0.25, -0.2) is 4.79 Å². The van der Waals surface area contributed by atoms with Crippen LogP contribution in [-0.4, -0.2) is 37.4 Å². The van der Waals surface area contributed by atoms with E-state index in [2.05, 4.69) is 4.98 Å². The number of pyridine rings is 1. The molecule has 6 heteroatoms. The Bertz CT molecular complexity index is 669. The van der Waals surface area contributed by atoms with Crippen LogP contribution in [0.15, 0.2) is 30.5 Å². The fourth-order valence-electron chi connectivity index (χ4n) is 1.91. The maximum atomic E-state index is 11.0. The van der Waals surface area contributed by atoms with E-state index in [9.17, 15) is 4.79 Å². The molecule has 2 aromatic rings. The molecule has 0 radical (unpaired) electrons. The smallest absolute Gasteiger partial charge is 0.337 e. The van der Waals surface area contributed by atoms with Crippen LogP contribution in [0.3, 0.4) is 0 Å². The van der Waals surface area contributed by atoms with Crippen molar-refractivity contribution in [3.63, 3.8) is 0 Å². The van der Waals surface area contributed by atoms with Crippen molar-refractivity contribution in [2.24, 2.45) is 0 Å². The Kier molecular flexibility index (Phi) is 4.27. The van der Waals surface area contributed by atoms with Crippen molar-refractivity contribution < 1.29 is 24.1 Å². The van der Waals surface area contributed by atoms with Gasteiger partial charge in [0.25, 0.3) is 0 Å². The highest BCUT2D eigenvalue weighted by Crippen LogP contribution is 2.37. The number of carboxylic acids is 1. The maximum Gasteiger partial charge on any atom is 0.337 e. The molecule has 6 nitrogen and oxygen atoms in total. The Morgan fingerprint density at radius 3 is 2.33 bits per heavy atom. The van der Waals surface area contributed by atoms with Crippen molar-refractivity contribution in [3.8, 4) is 28.5 Å². The van der Waals surface area contributed by atoms with Crippen molar-refractivity contribution in [1.29, 1.82) is 0 Å². The molecule has 0 saturated carbocycles. The molecular formula is C15H15NO5. The third-order valence-corrected chi connectivity index (χ3v) is 2.98. The zero-order valence-electron chi connectivity index (χ0n) is 11.9. The van der Waals surface area contributed by atoms with Gasteiger partial charge in [-0.05, 0) is 18.2 Å². The number of ether oxygens (including phenoxy) is 3. The second kappa shape index (κ2) is 6.13. The van der Waals surface area contributed by atoms with Crippen LogP contribution in [0, 0.1) is 0 Å². The van der Waals surface area contributed by atoms with Gasteiger partial charge in [-0.3, -0.25) is 4.98 Å². The van der Waals surface area contributed by atoms with Crippen LogP contribution in [-0.2, 0) is 0 Å². The molecule has 2 rings (SSSR count). The molecule has 0 amide bonds. The lowest BCUT2D eigenvalue weighted by Gasteiger charge is -2.13. The third-order valence-electron chi connectivity index (χ3n) is 2.98. The Balaban J connectivity index is 2.58. The summed E-state index contributed by atoms with van der Waals surface area (Å²) < 4.78 is 15.7. The van der Waals surface area contributed by atoms with Gasteiger partial charge in [-0.2, -0.15) is 0 Å². The summed E-state index contributed by atoms with van der Waals surface area (Å²) in [5, 5.41) is 9.00. The van der Waals surface area contributed by atoms with E-state index in [1.54, 1.807) is 25.3 Å². The summed E-state index contributed by atoms with van der Waals surface area (Å²) >= 11 is 0. The van der Waals surface area contributed by atoms with Crippen LogP contribution in [0.25, 0.3) is 11.3 Å². The molecule has 1 aromatic carbocycles. The highest BCUT2D eigenvalue weighted by Gasteiger charge is 2.16. The zero-order valence-corrected chi connectivity index (χ0v) is 11.9. The summed E-state index contributed by atoms with van der Waals surface area (Å²) in [5.41, 5.74) is 1.25.